The van der Waals surface area contributed by atoms with Crippen molar-refractivity contribution in [3.63, 3.8) is 0 Å². The molecule has 0 spiro atoms. The molecule has 1 aromatic heterocycles. The van der Waals surface area contributed by atoms with E-state index in [-0.39, 0.29) is 35.1 Å². The van der Waals surface area contributed by atoms with Gasteiger partial charge in [-0.2, -0.15) is 0 Å². The molecule has 3 unspecified atom stereocenters. The van der Waals surface area contributed by atoms with E-state index < -0.39 is 11.9 Å². The average Bonchev–Trinajstić information content (AvgIpc) is 2.99. The molecular formula is C33H39FN8O2. The van der Waals surface area contributed by atoms with Crippen LogP contribution in [0, 0.1) is 30.5 Å². The van der Waals surface area contributed by atoms with E-state index in [0.29, 0.717) is 65.5 Å². The van der Waals surface area contributed by atoms with Crippen LogP contribution in [0.5, 0.6) is 0 Å². The van der Waals surface area contributed by atoms with Gasteiger partial charge in [-0.3, -0.25) is 15.2 Å². The highest BCUT2D eigenvalue weighted by molar-refractivity contribution is 6.10. The number of aliphatic hydroxyl groups excluding tert-OH is 1. The highest BCUT2D eigenvalue weighted by Crippen LogP contribution is 2.43. The molecule has 3 aromatic rings. The number of halogens is 1. The van der Waals surface area contributed by atoms with Crippen LogP contribution in [0.25, 0.3) is 11.1 Å². The first-order valence-electron chi connectivity index (χ1n) is 14.7. The molecule has 230 valence electrons. The number of carbonyl (C=O) groups is 1. The summed E-state index contributed by atoms with van der Waals surface area (Å²) in [6, 6.07) is 6.59. The number of anilines is 4. The largest absolute Gasteiger partial charge is 0.398 e. The number of fused-ring (bicyclic) bond motifs is 2. The third kappa shape index (κ3) is 5.28. The van der Waals surface area contributed by atoms with E-state index in [1.165, 1.54) is 6.08 Å². The van der Waals surface area contributed by atoms with Crippen molar-refractivity contribution in [3.05, 3.63) is 76.9 Å². The van der Waals surface area contributed by atoms with Crippen LogP contribution >= 0.6 is 0 Å². The van der Waals surface area contributed by atoms with Gasteiger partial charge in [-0.15, -0.1) is 0 Å². The fourth-order valence-corrected chi connectivity index (χ4v) is 6.29. The van der Waals surface area contributed by atoms with Gasteiger partial charge < -0.3 is 36.7 Å². The first kappa shape index (κ1) is 30.7. The van der Waals surface area contributed by atoms with Crippen LogP contribution in [0.3, 0.4) is 0 Å². The summed E-state index contributed by atoms with van der Waals surface area (Å²) in [5.41, 5.74) is 11.1. The molecule has 1 fully saturated rings. The van der Waals surface area contributed by atoms with Crippen LogP contribution in [0.1, 0.15) is 54.3 Å². The zero-order valence-electron chi connectivity index (χ0n) is 25.5. The lowest BCUT2D eigenvalue weighted by Gasteiger charge is -2.47. The van der Waals surface area contributed by atoms with Gasteiger partial charge in [0.05, 0.1) is 34.4 Å². The van der Waals surface area contributed by atoms with Crippen molar-refractivity contribution in [3.8, 4) is 11.1 Å². The van der Waals surface area contributed by atoms with Gasteiger partial charge in [0.2, 0.25) is 5.91 Å². The Morgan fingerprint density at radius 3 is 2.70 bits per heavy atom. The number of benzene rings is 2. The molecule has 2 aromatic carbocycles. The third-order valence-corrected chi connectivity index (χ3v) is 8.61. The second kappa shape index (κ2) is 12.1. The number of nitrogens with zero attached hydrogens (tertiary/aromatic N) is 3. The van der Waals surface area contributed by atoms with E-state index in [4.69, 9.17) is 11.1 Å². The lowest BCUT2D eigenvalue weighted by molar-refractivity contribution is -0.131. The van der Waals surface area contributed by atoms with Crippen molar-refractivity contribution in [2.24, 2.45) is 0 Å². The summed E-state index contributed by atoms with van der Waals surface area (Å²) in [6.45, 7) is 12.1. The molecule has 5 rings (SSSR count). The molecule has 0 bridgehead atoms. The van der Waals surface area contributed by atoms with E-state index in [9.17, 15) is 15.3 Å². The Morgan fingerprint density at radius 1 is 1.27 bits per heavy atom. The van der Waals surface area contributed by atoms with Gasteiger partial charge in [-0.1, -0.05) is 12.6 Å². The summed E-state index contributed by atoms with van der Waals surface area (Å²) in [7, 11) is 0. The molecule has 0 aliphatic carbocycles. The Bertz CT molecular complexity index is 1670. The van der Waals surface area contributed by atoms with Crippen molar-refractivity contribution in [1.29, 1.82) is 10.8 Å². The molecule has 7 N–H and O–H groups in total. The molecular weight excluding hydrogens is 559 g/mol. The summed E-state index contributed by atoms with van der Waals surface area (Å²) in [4.78, 5) is 20.7. The van der Waals surface area contributed by atoms with Gasteiger partial charge in [0.25, 0.3) is 0 Å². The Balaban J connectivity index is 1.75. The second-order valence-electron chi connectivity index (χ2n) is 11.5. The minimum atomic E-state index is -0.891. The number of nitrogen functional groups attached to an aromatic ring is 1. The van der Waals surface area contributed by atoms with Gasteiger partial charge in [-0.05, 0) is 75.1 Å². The summed E-state index contributed by atoms with van der Waals surface area (Å²) >= 11 is 0. The van der Waals surface area contributed by atoms with Crippen molar-refractivity contribution in [1.82, 2.24) is 14.8 Å². The van der Waals surface area contributed by atoms with Crippen LogP contribution < -0.4 is 16.4 Å². The van der Waals surface area contributed by atoms with Crippen molar-refractivity contribution < 1.29 is 14.3 Å². The third-order valence-electron chi connectivity index (χ3n) is 8.61. The number of aliphatic hydroxyl groups is 1. The maximum absolute atomic E-state index is 16.8. The number of amides is 1. The van der Waals surface area contributed by atoms with E-state index >= 15 is 4.39 Å². The molecule has 1 amide bonds. The van der Waals surface area contributed by atoms with Gasteiger partial charge in [0, 0.05) is 60.9 Å². The van der Waals surface area contributed by atoms with E-state index in [1.54, 1.807) is 36.2 Å². The first-order valence-corrected chi connectivity index (χ1v) is 14.7. The van der Waals surface area contributed by atoms with Crippen LogP contribution in [-0.2, 0) is 4.79 Å². The maximum atomic E-state index is 16.8. The molecule has 3 atom stereocenters. The summed E-state index contributed by atoms with van der Waals surface area (Å²) in [6.07, 6.45) is 3.74. The molecule has 0 saturated carbocycles. The topological polar surface area (TPSA) is 154 Å². The molecule has 11 heteroatoms. The zero-order chi connectivity index (χ0) is 31.9. The molecule has 1 saturated heterocycles. The fraction of sp³-hybridized carbons (Fsp3) is 0.333. The number of pyridine rings is 1. The Kier molecular flexibility index (Phi) is 8.42. The minimum Gasteiger partial charge on any atom is -0.398 e. The van der Waals surface area contributed by atoms with Gasteiger partial charge in [-0.25, -0.2) is 4.39 Å². The lowest BCUT2D eigenvalue weighted by atomic mass is 9.90. The second-order valence-corrected chi connectivity index (χ2v) is 11.5. The van der Waals surface area contributed by atoms with Crippen molar-refractivity contribution in [2.45, 2.75) is 52.3 Å². The van der Waals surface area contributed by atoms with E-state index in [1.807, 2.05) is 31.7 Å². The number of aryl methyl sites for hydroxylation is 2. The number of aromatic nitrogens is 1. The number of rotatable bonds is 6. The van der Waals surface area contributed by atoms with Gasteiger partial charge in [0.15, 0.2) is 5.82 Å². The number of piperazine rings is 1. The SMILES string of the molecule is C=CC(=O)N1CC2CCNc3c(F)c(-c4c(C)ccc(N)c4C=N)cc(Nc4c(C)ccnc4C(C)O)c3C(=N)N2CC1C. The van der Waals surface area contributed by atoms with Crippen molar-refractivity contribution >= 4 is 40.7 Å². The van der Waals surface area contributed by atoms with Crippen molar-refractivity contribution in [2.75, 3.05) is 36.0 Å². The summed E-state index contributed by atoms with van der Waals surface area (Å²) < 4.78 is 16.8. The zero-order valence-corrected chi connectivity index (χ0v) is 25.5. The Hall–Kier alpha value is -4.77. The Labute approximate surface area is 256 Å². The number of amidine groups is 1. The molecule has 10 nitrogen and oxygen atoms in total. The average molecular weight is 599 g/mol. The quantitative estimate of drug-likeness (QED) is 0.131. The molecule has 2 aliphatic rings. The number of carbonyl (C=O) groups excluding carboxylic acids is 1. The number of hydrogen-bond acceptors (Lipinski definition) is 8. The van der Waals surface area contributed by atoms with Crippen LogP contribution in [0.4, 0.5) is 27.1 Å². The molecule has 3 heterocycles. The van der Waals surface area contributed by atoms with Crippen LogP contribution in [-0.4, -0.2) is 69.6 Å². The summed E-state index contributed by atoms with van der Waals surface area (Å²) in [5, 5.41) is 34.8. The smallest absolute Gasteiger partial charge is 0.246 e. The van der Waals surface area contributed by atoms with E-state index in [2.05, 4.69) is 22.2 Å². The monoisotopic (exact) mass is 598 g/mol. The number of nitrogens with two attached hydrogens (primary N) is 1. The normalized spacial score (nSPS) is 18.7. The Morgan fingerprint density at radius 2 is 2.02 bits per heavy atom. The molecule has 2 aliphatic heterocycles. The van der Waals surface area contributed by atoms with E-state index in [0.717, 1.165) is 17.3 Å². The minimum absolute atomic E-state index is 0.111. The number of hydrogen-bond donors (Lipinski definition) is 6. The van der Waals surface area contributed by atoms with Crippen LogP contribution in [0.2, 0.25) is 0 Å². The van der Waals surface area contributed by atoms with Gasteiger partial charge >= 0.3 is 0 Å². The molecule has 0 radical (unpaired) electrons. The maximum Gasteiger partial charge on any atom is 0.246 e. The van der Waals surface area contributed by atoms with Crippen LogP contribution in [0.15, 0.2) is 43.1 Å². The van der Waals surface area contributed by atoms with Gasteiger partial charge in [0.1, 0.15) is 5.84 Å². The fourth-order valence-electron chi connectivity index (χ4n) is 6.29. The highest BCUT2D eigenvalue weighted by Gasteiger charge is 2.38. The highest BCUT2D eigenvalue weighted by atomic mass is 19.1. The first-order chi connectivity index (χ1) is 21.0. The number of nitrogens with one attached hydrogen (secondary N) is 4. The standard InChI is InChI=1S/C33H39FN8O2/c1-6-26(44)41-16-21-10-12-39-32-28(33(37)42(21)15-19(41)4)25(40-30-18(3)9-11-38-31(30)20(5)43)13-22(29(32)34)27-17(2)7-8-24(36)23(27)14-35/h6-9,11,13-14,19-21,35,37,39-40,43H,1,10,12,15-16,36H2,2-5H3. The predicted octanol–water partition coefficient (Wildman–Crippen LogP) is 5.11. The predicted molar refractivity (Wildman–Crippen MR) is 174 cm³/mol. The lowest BCUT2D eigenvalue weighted by Crippen LogP contribution is -2.61. The molecule has 44 heavy (non-hydrogen) atoms. The summed E-state index contributed by atoms with van der Waals surface area (Å²) in [5.74, 6) is -0.605.